The molecule has 0 saturated carbocycles. The summed E-state index contributed by atoms with van der Waals surface area (Å²) >= 11 is 0. The number of rotatable bonds is 6. The molecule has 3 amide bonds. The number of aliphatic hydroxyl groups excluding tert-OH is 1. The van der Waals surface area contributed by atoms with E-state index in [1.807, 2.05) is 60.7 Å². The summed E-state index contributed by atoms with van der Waals surface area (Å²) in [5, 5.41) is 13.7. The van der Waals surface area contributed by atoms with Crippen LogP contribution < -0.4 is 11.1 Å². The highest BCUT2D eigenvalue weighted by Crippen LogP contribution is 2.36. The van der Waals surface area contributed by atoms with Gasteiger partial charge >= 0.3 is 0 Å². The first kappa shape index (κ1) is 27.1. The molecule has 0 radical (unpaired) electrons. The lowest BCUT2D eigenvalue weighted by molar-refractivity contribution is -0.158. The Morgan fingerprint density at radius 1 is 0.921 bits per heavy atom. The molecule has 4 rings (SSSR count). The molecule has 1 saturated heterocycles. The lowest BCUT2D eigenvalue weighted by Gasteiger charge is -2.32. The summed E-state index contributed by atoms with van der Waals surface area (Å²) in [6, 6.07) is 18.0. The van der Waals surface area contributed by atoms with Crippen molar-refractivity contribution >= 4 is 17.7 Å². The lowest BCUT2D eigenvalue weighted by atomic mass is 9.86. The predicted octanol–water partition coefficient (Wildman–Crippen LogP) is 3.50. The third-order valence-corrected chi connectivity index (χ3v) is 6.73. The van der Waals surface area contributed by atoms with Crippen LogP contribution in [0, 0.1) is 11.6 Å². The normalized spacial score (nSPS) is 21.1. The van der Waals surface area contributed by atoms with E-state index in [1.54, 1.807) is 0 Å². The van der Waals surface area contributed by atoms with Crippen LogP contribution in [0.3, 0.4) is 0 Å². The zero-order valence-corrected chi connectivity index (χ0v) is 20.8. The summed E-state index contributed by atoms with van der Waals surface area (Å²) in [4.78, 5) is 41.1. The summed E-state index contributed by atoms with van der Waals surface area (Å²) in [6.07, 6.45) is -1.55. The smallest absolute Gasteiger partial charge is 0.263 e. The number of imide groups is 1. The first-order valence-corrected chi connectivity index (χ1v) is 12.3. The quantitative estimate of drug-likeness (QED) is 0.460. The van der Waals surface area contributed by atoms with Gasteiger partial charge in [-0.1, -0.05) is 60.7 Å². The molecule has 1 aliphatic heterocycles. The van der Waals surface area contributed by atoms with Gasteiger partial charge in [0.15, 0.2) is 6.10 Å². The van der Waals surface area contributed by atoms with Crippen LogP contribution in [0.2, 0.25) is 0 Å². The standard InChI is InChI=1S/C29H29F2N3O4/c1-17(32)28(37)34(29(38)26(35)21-12-22(30)16-23(31)13-21)25-15-20(18-8-4-2-5-9-18)14-24(33-27(25)36)19-10-6-3-7-11-19/h2-13,16-17,20,24-26,35H,14-15,32H2,1H3,(H,33,36)/t17-,20+,24-,25-,26-/m0/s1. The second kappa shape index (κ2) is 11.6. The minimum Gasteiger partial charge on any atom is -0.378 e. The summed E-state index contributed by atoms with van der Waals surface area (Å²) in [5.41, 5.74) is 7.22. The minimum absolute atomic E-state index is 0.0631. The van der Waals surface area contributed by atoms with E-state index in [0.29, 0.717) is 17.4 Å². The van der Waals surface area contributed by atoms with Gasteiger partial charge in [-0.3, -0.25) is 19.3 Å². The summed E-state index contributed by atoms with van der Waals surface area (Å²) in [5.74, 6) is -4.95. The molecule has 0 spiro atoms. The average Bonchev–Trinajstić information content (AvgIpc) is 3.07. The number of carbonyl (C=O) groups is 3. The molecule has 1 heterocycles. The van der Waals surface area contributed by atoms with E-state index >= 15 is 0 Å². The van der Waals surface area contributed by atoms with E-state index in [-0.39, 0.29) is 17.9 Å². The van der Waals surface area contributed by atoms with Gasteiger partial charge in [0.2, 0.25) is 11.8 Å². The van der Waals surface area contributed by atoms with Crippen molar-refractivity contribution in [3.63, 3.8) is 0 Å². The van der Waals surface area contributed by atoms with Gasteiger partial charge < -0.3 is 16.2 Å². The molecule has 5 atom stereocenters. The van der Waals surface area contributed by atoms with Crippen molar-refractivity contribution in [2.45, 2.75) is 49.9 Å². The van der Waals surface area contributed by atoms with Gasteiger partial charge in [-0.25, -0.2) is 8.78 Å². The SMILES string of the molecule is C[C@H](N)C(=O)N(C(=O)[C@@H](O)c1cc(F)cc(F)c1)[C@H]1C[C@H](c2ccccc2)C[C@@H](c2ccccc2)NC1=O. The molecule has 1 fully saturated rings. The van der Waals surface area contributed by atoms with Crippen molar-refractivity contribution in [2.24, 2.45) is 5.73 Å². The maximum Gasteiger partial charge on any atom is 0.263 e. The van der Waals surface area contributed by atoms with Crippen LogP contribution in [0.1, 0.15) is 54.5 Å². The van der Waals surface area contributed by atoms with E-state index in [0.717, 1.165) is 23.3 Å². The number of benzene rings is 3. The van der Waals surface area contributed by atoms with E-state index in [1.165, 1.54) is 6.92 Å². The van der Waals surface area contributed by atoms with E-state index in [4.69, 9.17) is 5.73 Å². The van der Waals surface area contributed by atoms with Crippen molar-refractivity contribution in [1.82, 2.24) is 10.2 Å². The van der Waals surface area contributed by atoms with Crippen LogP contribution in [0.4, 0.5) is 8.78 Å². The summed E-state index contributed by atoms with van der Waals surface area (Å²) in [7, 11) is 0. The fraction of sp³-hybridized carbons (Fsp3) is 0.276. The van der Waals surface area contributed by atoms with Crippen LogP contribution >= 0.6 is 0 Å². The maximum absolute atomic E-state index is 13.8. The zero-order valence-electron chi connectivity index (χ0n) is 20.8. The van der Waals surface area contributed by atoms with E-state index < -0.39 is 53.6 Å². The minimum atomic E-state index is -2.10. The molecule has 4 N–H and O–H groups in total. The van der Waals surface area contributed by atoms with Gasteiger partial charge in [0.1, 0.15) is 17.7 Å². The van der Waals surface area contributed by atoms with Crippen molar-refractivity contribution in [1.29, 1.82) is 0 Å². The first-order valence-electron chi connectivity index (χ1n) is 12.3. The Bertz CT molecular complexity index is 1280. The largest absolute Gasteiger partial charge is 0.378 e. The molecule has 0 bridgehead atoms. The number of hydrogen-bond acceptors (Lipinski definition) is 5. The zero-order chi connectivity index (χ0) is 27.4. The van der Waals surface area contributed by atoms with Gasteiger partial charge in [-0.2, -0.15) is 0 Å². The molecule has 1 aliphatic rings. The molecule has 0 aromatic heterocycles. The molecule has 0 aliphatic carbocycles. The fourth-order valence-corrected chi connectivity index (χ4v) is 4.85. The van der Waals surface area contributed by atoms with Crippen molar-refractivity contribution in [3.05, 3.63) is 107 Å². The summed E-state index contributed by atoms with van der Waals surface area (Å²) in [6.45, 7) is 1.35. The van der Waals surface area contributed by atoms with Crippen molar-refractivity contribution in [3.8, 4) is 0 Å². The van der Waals surface area contributed by atoms with Crippen molar-refractivity contribution in [2.75, 3.05) is 0 Å². The van der Waals surface area contributed by atoms with Gasteiger partial charge in [0, 0.05) is 6.07 Å². The maximum atomic E-state index is 13.8. The molecular weight excluding hydrogens is 492 g/mol. The Labute approximate surface area is 219 Å². The van der Waals surface area contributed by atoms with Gasteiger partial charge in [-0.05, 0) is 54.5 Å². The Morgan fingerprint density at radius 3 is 2.03 bits per heavy atom. The number of carbonyl (C=O) groups excluding carboxylic acids is 3. The highest BCUT2D eigenvalue weighted by molar-refractivity contribution is 6.04. The third kappa shape index (κ3) is 5.95. The van der Waals surface area contributed by atoms with Crippen LogP contribution in [0.25, 0.3) is 0 Å². The Balaban J connectivity index is 1.75. The number of nitrogens with zero attached hydrogens (tertiary/aromatic N) is 1. The number of aliphatic hydroxyl groups is 1. The van der Waals surface area contributed by atoms with Crippen LogP contribution in [-0.2, 0) is 14.4 Å². The Kier molecular flexibility index (Phi) is 8.29. The molecular formula is C29H29F2N3O4. The molecule has 7 nitrogen and oxygen atoms in total. The highest BCUT2D eigenvalue weighted by atomic mass is 19.1. The lowest BCUT2D eigenvalue weighted by Crippen LogP contribution is -2.56. The Morgan fingerprint density at radius 2 is 1.47 bits per heavy atom. The fourth-order valence-electron chi connectivity index (χ4n) is 4.85. The van der Waals surface area contributed by atoms with Crippen LogP contribution in [-0.4, -0.2) is 39.8 Å². The van der Waals surface area contributed by atoms with Crippen molar-refractivity contribution < 1.29 is 28.3 Å². The van der Waals surface area contributed by atoms with Gasteiger partial charge in [0.05, 0.1) is 12.1 Å². The predicted molar refractivity (Wildman–Crippen MR) is 136 cm³/mol. The first-order chi connectivity index (χ1) is 18.2. The topological polar surface area (TPSA) is 113 Å². The summed E-state index contributed by atoms with van der Waals surface area (Å²) < 4.78 is 27.7. The second-order valence-electron chi connectivity index (χ2n) is 9.51. The molecule has 9 heteroatoms. The monoisotopic (exact) mass is 521 g/mol. The van der Waals surface area contributed by atoms with Gasteiger partial charge in [-0.15, -0.1) is 0 Å². The second-order valence-corrected chi connectivity index (χ2v) is 9.51. The van der Waals surface area contributed by atoms with Crippen LogP contribution in [0.5, 0.6) is 0 Å². The molecule has 3 aromatic carbocycles. The molecule has 0 unspecified atom stereocenters. The molecule has 3 aromatic rings. The highest BCUT2D eigenvalue weighted by Gasteiger charge is 2.43. The average molecular weight is 522 g/mol. The van der Waals surface area contributed by atoms with Crippen LogP contribution in [0.15, 0.2) is 78.9 Å². The van der Waals surface area contributed by atoms with Gasteiger partial charge in [0.25, 0.3) is 5.91 Å². The number of hydrogen-bond donors (Lipinski definition) is 3. The number of nitrogens with two attached hydrogens (primary N) is 1. The number of amides is 3. The molecule has 198 valence electrons. The number of halogens is 2. The molecule has 38 heavy (non-hydrogen) atoms. The number of nitrogens with one attached hydrogen (secondary N) is 1. The van der Waals surface area contributed by atoms with E-state index in [9.17, 15) is 28.3 Å². The van der Waals surface area contributed by atoms with E-state index in [2.05, 4.69) is 5.32 Å². The Hall–Kier alpha value is -3.95. The third-order valence-electron chi connectivity index (χ3n) is 6.73.